The van der Waals surface area contributed by atoms with Gasteiger partial charge in [0.25, 0.3) is 0 Å². The van der Waals surface area contributed by atoms with E-state index in [0.29, 0.717) is 4.77 Å². The molecule has 1 radical (unpaired) electrons. The number of fused-ring (bicyclic) bond motifs is 1. The molecule has 0 atom stereocenters. The van der Waals surface area contributed by atoms with Crippen LogP contribution in [-0.2, 0) is 0 Å². The molecule has 11 heavy (non-hydrogen) atoms. The van der Waals surface area contributed by atoms with Crippen LogP contribution in [-0.4, -0.2) is 28.8 Å². The van der Waals surface area contributed by atoms with Crippen LogP contribution in [0.25, 0.3) is 11.0 Å². The molecular formula is C7H6LiN2S. The maximum Gasteiger partial charge on any atom is 0.175 e. The van der Waals surface area contributed by atoms with Crippen LogP contribution in [0.3, 0.4) is 0 Å². The molecule has 0 unspecified atom stereocenters. The maximum atomic E-state index is 4.90. The van der Waals surface area contributed by atoms with Gasteiger partial charge in [0.05, 0.1) is 11.0 Å². The first-order valence-electron chi connectivity index (χ1n) is 3.03. The molecule has 1 heterocycles. The van der Waals surface area contributed by atoms with Gasteiger partial charge in [-0.2, -0.15) is 0 Å². The molecule has 2 aromatic rings. The second kappa shape index (κ2) is 3.27. The standard InChI is InChI=1S/C7H6N2S.Li/c10-7-8-5-3-1-2-4-6(5)9-7;/h1-4H,(H2,8,9,10);. The molecule has 2 nitrogen and oxygen atoms in total. The van der Waals surface area contributed by atoms with Crippen molar-refractivity contribution >= 4 is 42.1 Å². The summed E-state index contributed by atoms with van der Waals surface area (Å²) in [5.74, 6) is 0. The summed E-state index contributed by atoms with van der Waals surface area (Å²) >= 11 is 4.90. The van der Waals surface area contributed by atoms with Gasteiger partial charge in [-0.25, -0.2) is 0 Å². The van der Waals surface area contributed by atoms with Crippen LogP contribution in [0.5, 0.6) is 0 Å². The summed E-state index contributed by atoms with van der Waals surface area (Å²) in [5, 5.41) is 0. The van der Waals surface area contributed by atoms with Gasteiger partial charge < -0.3 is 9.97 Å². The smallest absolute Gasteiger partial charge is 0.175 e. The van der Waals surface area contributed by atoms with Crippen molar-refractivity contribution in [1.82, 2.24) is 9.97 Å². The Morgan fingerprint density at radius 2 is 1.45 bits per heavy atom. The van der Waals surface area contributed by atoms with E-state index in [9.17, 15) is 0 Å². The normalized spacial score (nSPS) is 9.45. The Labute approximate surface area is 81.2 Å². The second-order valence-corrected chi connectivity index (χ2v) is 2.53. The number of benzene rings is 1. The molecule has 0 aliphatic carbocycles. The molecule has 0 spiro atoms. The van der Waals surface area contributed by atoms with Crippen LogP contribution in [0.15, 0.2) is 24.3 Å². The summed E-state index contributed by atoms with van der Waals surface area (Å²) in [6.07, 6.45) is 0. The van der Waals surface area contributed by atoms with Crippen molar-refractivity contribution in [3.05, 3.63) is 29.0 Å². The first-order chi connectivity index (χ1) is 4.86. The minimum Gasteiger partial charge on any atom is -0.331 e. The largest absolute Gasteiger partial charge is 0.331 e. The second-order valence-electron chi connectivity index (χ2n) is 2.12. The van der Waals surface area contributed by atoms with Gasteiger partial charge in [0.15, 0.2) is 4.77 Å². The van der Waals surface area contributed by atoms with E-state index in [1.807, 2.05) is 24.3 Å². The third-order valence-corrected chi connectivity index (χ3v) is 1.63. The summed E-state index contributed by atoms with van der Waals surface area (Å²) in [6.45, 7) is 0. The zero-order chi connectivity index (χ0) is 6.97. The predicted octanol–water partition coefficient (Wildman–Crippen LogP) is 1.84. The zero-order valence-corrected chi connectivity index (χ0v) is 7.03. The van der Waals surface area contributed by atoms with E-state index in [2.05, 4.69) is 9.97 Å². The number of hydrogen-bond acceptors (Lipinski definition) is 1. The molecular weight excluding hydrogens is 151 g/mol. The number of rotatable bonds is 0. The van der Waals surface area contributed by atoms with E-state index in [1.54, 1.807) is 0 Å². The molecule has 2 rings (SSSR count). The average Bonchev–Trinajstić information content (AvgIpc) is 2.27. The van der Waals surface area contributed by atoms with Gasteiger partial charge in [0.1, 0.15) is 0 Å². The van der Waals surface area contributed by atoms with Crippen LogP contribution in [0.1, 0.15) is 0 Å². The Balaban J connectivity index is 0.000000605. The van der Waals surface area contributed by atoms with Crippen molar-refractivity contribution in [2.24, 2.45) is 0 Å². The van der Waals surface area contributed by atoms with Crippen LogP contribution in [0.2, 0.25) is 0 Å². The molecule has 2 N–H and O–H groups in total. The van der Waals surface area contributed by atoms with Crippen LogP contribution >= 0.6 is 12.2 Å². The van der Waals surface area contributed by atoms with Crippen molar-refractivity contribution in [1.29, 1.82) is 0 Å². The van der Waals surface area contributed by atoms with E-state index in [-0.39, 0.29) is 18.9 Å². The predicted molar refractivity (Wildman–Crippen MR) is 49.2 cm³/mol. The molecule has 4 heteroatoms. The molecule has 0 fully saturated rings. The fraction of sp³-hybridized carbons (Fsp3) is 0. The Hall–Kier alpha value is -0.493. The molecule has 0 saturated carbocycles. The molecule has 0 amide bonds. The first kappa shape index (κ1) is 8.60. The third kappa shape index (κ3) is 1.56. The monoisotopic (exact) mass is 157 g/mol. The topological polar surface area (TPSA) is 31.6 Å². The average molecular weight is 157 g/mol. The van der Waals surface area contributed by atoms with Crippen molar-refractivity contribution < 1.29 is 0 Å². The van der Waals surface area contributed by atoms with Crippen molar-refractivity contribution in [3.8, 4) is 0 Å². The van der Waals surface area contributed by atoms with Gasteiger partial charge in [0.2, 0.25) is 0 Å². The maximum absolute atomic E-state index is 4.90. The quantitative estimate of drug-likeness (QED) is 0.443. The van der Waals surface area contributed by atoms with Crippen molar-refractivity contribution in [3.63, 3.8) is 0 Å². The number of imidazole rings is 1. The van der Waals surface area contributed by atoms with E-state index >= 15 is 0 Å². The van der Waals surface area contributed by atoms with Gasteiger partial charge in [-0.3, -0.25) is 0 Å². The van der Waals surface area contributed by atoms with E-state index in [1.165, 1.54) is 0 Å². The molecule has 0 aliphatic rings. The van der Waals surface area contributed by atoms with Crippen LogP contribution in [0, 0.1) is 4.77 Å². The van der Waals surface area contributed by atoms with E-state index in [4.69, 9.17) is 12.2 Å². The molecule has 1 aromatic heterocycles. The summed E-state index contributed by atoms with van der Waals surface area (Å²) in [7, 11) is 0. The molecule has 1 aromatic carbocycles. The number of para-hydroxylation sites is 2. The van der Waals surface area contributed by atoms with Crippen molar-refractivity contribution in [2.45, 2.75) is 0 Å². The number of nitrogens with one attached hydrogen (secondary N) is 2. The van der Waals surface area contributed by atoms with Gasteiger partial charge >= 0.3 is 0 Å². The van der Waals surface area contributed by atoms with Gasteiger partial charge in [-0.15, -0.1) is 0 Å². The number of hydrogen-bond donors (Lipinski definition) is 2. The third-order valence-electron chi connectivity index (χ3n) is 1.42. The fourth-order valence-corrected chi connectivity index (χ4v) is 1.20. The molecule has 0 aliphatic heterocycles. The minimum atomic E-state index is 0. The zero-order valence-electron chi connectivity index (χ0n) is 6.22. The fourth-order valence-electron chi connectivity index (χ4n) is 0.977. The Kier molecular flexibility index (Phi) is 2.56. The Morgan fingerprint density at radius 1 is 1.00 bits per heavy atom. The Morgan fingerprint density at radius 3 is 1.91 bits per heavy atom. The number of H-pyrrole nitrogens is 2. The SMILES string of the molecule is S=c1[nH]c2ccccc2[nH]1.[Li]. The summed E-state index contributed by atoms with van der Waals surface area (Å²) in [6, 6.07) is 7.92. The molecule has 0 saturated heterocycles. The number of aromatic nitrogens is 2. The van der Waals surface area contributed by atoms with Gasteiger partial charge in [0, 0.05) is 18.9 Å². The van der Waals surface area contributed by atoms with Gasteiger partial charge in [-0.1, -0.05) is 12.1 Å². The molecule has 51 valence electrons. The number of aromatic amines is 2. The van der Waals surface area contributed by atoms with E-state index in [0.717, 1.165) is 11.0 Å². The molecule has 0 bridgehead atoms. The van der Waals surface area contributed by atoms with E-state index < -0.39 is 0 Å². The summed E-state index contributed by atoms with van der Waals surface area (Å²) < 4.78 is 0.682. The minimum absolute atomic E-state index is 0. The Bertz CT molecular complexity index is 368. The summed E-state index contributed by atoms with van der Waals surface area (Å²) in [5.41, 5.74) is 2.13. The first-order valence-corrected chi connectivity index (χ1v) is 3.44. The van der Waals surface area contributed by atoms with Crippen LogP contribution in [0.4, 0.5) is 0 Å². The van der Waals surface area contributed by atoms with Crippen LogP contribution < -0.4 is 0 Å². The van der Waals surface area contributed by atoms with Crippen molar-refractivity contribution in [2.75, 3.05) is 0 Å². The summed E-state index contributed by atoms with van der Waals surface area (Å²) in [4.78, 5) is 6.04. The van der Waals surface area contributed by atoms with Gasteiger partial charge in [-0.05, 0) is 24.4 Å².